The maximum Gasteiger partial charge on any atom is 0.243 e. The van der Waals surface area contributed by atoms with Gasteiger partial charge in [-0.2, -0.15) is 4.31 Å². The van der Waals surface area contributed by atoms with Gasteiger partial charge in [0.1, 0.15) is 11.6 Å². The molecule has 0 radical (unpaired) electrons. The van der Waals surface area contributed by atoms with Gasteiger partial charge in [0.15, 0.2) is 0 Å². The molecule has 8 heteroatoms. The quantitative estimate of drug-likeness (QED) is 0.713. The predicted molar refractivity (Wildman–Crippen MR) is 101 cm³/mol. The first-order valence-corrected chi connectivity index (χ1v) is 10.4. The van der Waals surface area contributed by atoms with E-state index >= 15 is 0 Å². The number of hydrogen-bond donors (Lipinski definition) is 0. The zero-order valence-electron chi connectivity index (χ0n) is 14.4. The van der Waals surface area contributed by atoms with Crippen molar-refractivity contribution in [3.8, 4) is 5.75 Å². The Morgan fingerprint density at radius 1 is 1.08 bits per heavy atom. The van der Waals surface area contributed by atoms with Crippen molar-refractivity contribution in [1.82, 2.24) is 9.21 Å². The first kappa shape index (κ1) is 19.3. The molecule has 26 heavy (non-hydrogen) atoms. The van der Waals surface area contributed by atoms with Gasteiger partial charge in [0.05, 0.1) is 16.5 Å². The van der Waals surface area contributed by atoms with Crippen LogP contribution in [-0.2, 0) is 16.6 Å². The lowest BCUT2D eigenvalue weighted by Crippen LogP contribution is -2.48. The highest BCUT2D eigenvalue weighted by Crippen LogP contribution is 2.22. The fourth-order valence-electron chi connectivity index (χ4n) is 2.92. The lowest BCUT2D eigenvalue weighted by atomic mass is 10.2. The molecule has 2 aromatic rings. The zero-order valence-corrected chi connectivity index (χ0v) is 16.8. The van der Waals surface area contributed by atoms with Crippen molar-refractivity contribution in [2.75, 3.05) is 33.3 Å². The average molecular weight is 443 g/mol. The molecule has 0 bridgehead atoms. The minimum atomic E-state index is -3.50. The largest absolute Gasteiger partial charge is 0.497 e. The van der Waals surface area contributed by atoms with E-state index in [1.807, 2.05) is 0 Å². The highest BCUT2D eigenvalue weighted by molar-refractivity contribution is 9.10. The fourth-order valence-corrected chi connectivity index (χ4v) is 4.77. The van der Waals surface area contributed by atoms with Crippen LogP contribution in [0, 0.1) is 5.82 Å². The van der Waals surface area contributed by atoms with Crippen molar-refractivity contribution in [2.24, 2.45) is 0 Å². The topological polar surface area (TPSA) is 49.9 Å². The molecule has 3 rings (SSSR count). The number of rotatable bonds is 5. The van der Waals surface area contributed by atoms with Crippen molar-refractivity contribution in [3.63, 3.8) is 0 Å². The van der Waals surface area contributed by atoms with E-state index in [0.29, 0.717) is 42.9 Å². The lowest BCUT2D eigenvalue weighted by Gasteiger charge is -2.34. The van der Waals surface area contributed by atoms with Crippen molar-refractivity contribution in [2.45, 2.75) is 11.4 Å². The number of halogens is 2. The monoisotopic (exact) mass is 442 g/mol. The summed E-state index contributed by atoms with van der Waals surface area (Å²) in [6, 6.07) is 11.4. The third-order valence-corrected chi connectivity index (χ3v) is 6.94. The molecule has 0 aliphatic carbocycles. The summed E-state index contributed by atoms with van der Waals surface area (Å²) in [6.45, 7) is 2.78. The minimum Gasteiger partial charge on any atom is -0.497 e. The second-order valence-corrected chi connectivity index (χ2v) is 8.90. The van der Waals surface area contributed by atoms with Gasteiger partial charge < -0.3 is 4.74 Å². The van der Waals surface area contributed by atoms with Crippen molar-refractivity contribution < 1.29 is 17.5 Å². The molecular weight excluding hydrogens is 423 g/mol. The summed E-state index contributed by atoms with van der Waals surface area (Å²) in [7, 11) is -1.96. The number of benzene rings is 2. The van der Waals surface area contributed by atoms with Gasteiger partial charge in [-0.1, -0.05) is 6.07 Å². The Morgan fingerprint density at radius 3 is 2.31 bits per heavy atom. The fraction of sp³-hybridized carbons (Fsp3) is 0.333. The van der Waals surface area contributed by atoms with Crippen LogP contribution in [0.5, 0.6) is 5.75 Å². The maximum atomic E-state index is 13.3. The third-order valence-electron chi connectivity index (χ3n) is 4.42. The van der Waals surface area contributed by atoms with E-state index in [1.54, 1.807) is 43.5 Å². The number of piperazine rings is 1. The molecule has 1 aliphatic heterocycles. The summed E-state index contributed by atoms with van der Waals surface area (Å²) in [5.74, 6) is 0.336. The molecule has 1 heterocycles. The van der Waals surface area contributed by atoms with Gasteiger partial charge in [0, 0.05) is 32.7 Å². The number of sulfonamides is 1. The standard InChI is InChI=1S/C18H20BrFN2O3S/c1-25-15-3-5-16(6-4-15)26(23,24)22-10-8-21(9-11-22)13-14-2-7-18(20)17(19)12-14/h2-7,12H,8-11,13H2,1H3. The summed E-state index contributed by atoms with van der Waals surface area (Å²) in [5, 5.41) is 0. The normalized spacial score (nSPS) is 16.6. The Morgan fingerprint density at radius 2 is 1.73 bits per heavy atom. The molecule has 0 spiro atoms. The average Bonchev–Trinajstić information content (AvgIpc) is 2.65. The Balaban J connectivity index is 1.62. The molecule has 0 saturated carbocycles. The molecular formula is C18H20BrFN2O3S. The predicted octanol–water partition coefficient (Wildman–Crippen LogP) is 3.10. The Labute approximate surface area is 161 Å². The van der Waals surface area contributed by atoms with Crippen LogP contribution >= 0.6 is 15.9 Å². The number of hydrogen-bond acceptors (Lipinski definition) is 4. The first-order valence-electron chi connectivity index (χ1n) is 8.20. The number of nitrogens with zero attached hydrogens (tertiary/aromatic N) is 2. The highest BCUT2D eigenvalue weighted by Gasteiger charge is 2.28. The zero-order chi connectivity index (χ0) is 18.7. The Kier molecular flexibility index (Phi) is 5.96. The van der Waals surface area contributed by atoms with E-state index in [9.17, 15) is 12.8 Å². The summed E-state index contributed by atoms with van der Waals surface area (Å²) >= 11 is 3.19. The smallest absolute Gasteiger partial charge is 0.243 e. The van der Waals surface area contributed by atoms with Crippen LogP contribution in [0.4, 0.5) is 4.39 Å². The summed E-state index contributed by atoms with van der Waals surface area (Å²) in [6.07, 6.45) is 0. The van der Waals surface area contributed by atoms with Crippen LogP contribution < -0.4 is 4.74 Å². The van der Waals surface area contributed by atoms with Gasteiger partial charge in [0.25, 0.3) is 0 Å². The van der Waals surface area contributed by atoms with Crippen LogP contribution in [0.15, 0.2) is 51.8 Å². The van der Waals surface area contributed by atoms with E-state index in [4.69, 9.17) is 4.74 Å². The summed E-state index contributed by atoms with van der Waals surface area (Å²) in [4.78, 5) is 2.44. The van der Waals surface area contributed by atoms with Crippen LogP contribution in [0.1, 0.15) is 5.56 Å². The van der Waals surface area contributed by atoms with Gasteiger partial charge in [-0.05, 0) is 57.9 Å². The second-order valence-electron chi connectivity index (χ2n) is 6.10. The van der Waals surface area contributed by atoms with Gasteiger partial charge in [-0.3, -0.25) is 4.90 Å². The molecule has 0 amide bonds. The third kappa shape index (κ3) is 4.25. The lowest BCUT2D eigenvalue weighted by molar-refractivity contribution is 0.181. The van der Waals surface area contributed by atoms with Crippen LogP contribution in [0.25, 0.3) is 0 Å². The SMILES string of the molecule is COc1ccc(S(=O)(=O)N2CCN(Cc3ccc(F)c(Br)c3)CC2)cc1. The van der Waals surface area contributed by atoms with Crippen LogP contribution in [0.2, 0.25) is 0 Å². The van der Waals surface area contributed by atoms with Crippen molar-refractivity contribution in [3.05, 3.63) is 58.3 Å². The first-order chi connectivity index (χ1) is 12.4. The number of ether oxygens (including phenoxy) is 1. The molecule has 0 unspecified atom stereocenters. The second kappa shape index (κ2) is 8.04. The van der Waals surface area contributed by atoms with E-state index in [2.05, 4.69) is 20.8 Å². The molecule has 5 nitrogen and oxygen atoms in total. The van der Waals surface area contributed by atoms with Gasteiger partial charge >= 0.3 is 0 Å². The molecule has 140 valence electrons. The highest BCUT2D eigenvalue weighted by atomic mass is 79.9. The van der Waals surface area contributed by atoms with Gasteiger partial charge in [-0.15, -0.1) is 0 Å². The van der Waals surface area contributed by atoms with E-state index in [0.717, 1.165) is 5.56 Å². The molecule has 0 atom stereocenters. The van der Waals surface area contributed by atoms with Crippen LogP contribution in [-0.4, -0.2) is 50.9 Å². The molecule has 1 saturated heterocycles. The molecule has 0 N–H and O–H groups in total. The Hall–Kier alpha value is -1.48. The number of methoxy groups -OCH3 is 1. The van der Waals surface area contributed by atoms with E-state index in [-0.39, 0.29) is 10.7 Å². The minimum absolute atomic E-state index is 0.272. The molecule has 2 aromatic carbocycles. The Bertz CT molecular complexity index is 867. The van der Waals surface area contributed by atoms with Gasteiger partial charge in [-0.25, -0.2) is 12.8 Å². The molecule has 1 aliphatic rings. The van der Waals surface area contributed by atoms with Crippen molar-refractivity contribution >= 4 is 26.0 Å². The van der Waals surface area contributed by atoms with Crippen molar-refractivity contribution in [1.29, 1.82) is 0 Å². The van der Waals surface area contributed by atoms with Crippen LogP contribution in [0.3, 0.4) is 0 Å². The van der Waals surface area contributed by atoms with Gasteiger partial charge in [0.2, 0.25) is 10.0 Å². The summed E-state index contributed by atoms with van der Waals surface area (Å²) in [5.41, 5.74) is 0.990. The summed E-state index contributed by atoms with van der Waals surface area (Å²) < 4.78 is 45.9. The molecule has 1 fully saturated rings. The van der Waals surface area contributed by atoms with E-state index in [1.165, 1.54) is 10.4 Å². The molecule has 0 aromatic heterocycles. The van der Waals surface area contributed by atoms with E-state index < -0.39 is 10.0 Å². The maximum absolute atomic E-state index is 13.3.